The average Bonchev–Trinajstić information content (AvgIpc) is 1.69. The predicted octanol–water partition coefficient (Wildman–Crippen LogP) is 17.9. The van der Waals surface area contributed by atoms with Gasteiger partial charge in [0.05, 0.1) is 53.9 Å². The number of carbonyl (C=O) groups is 10. The van der Waals surface area contributed by atoms with E-state index in [2.05, 4.69) is 31.6 Å². The Morgan fingerprint density at radius 1 is 0.529 bits per heavy atom. The van der Waals surface area contributed by atoms with Crippen LogP contribution < -0.4 is 0 Å². The van der Waals surface area contributed by atoms with Gasteiger partial charge in [-0.15, -0.1) is 11.8 Å². The second-order valence-electron chi connectivity index (χ2n) is 31.5. The number of hydrogen-bond acceptors (Lipinski definition) is 21. The number of thioether (sulfide) groups is 1. The number of fused-ring (bicyclic) bond motifs is 1. The van der Waals surface area contributed by atoms with Crippen LogP contribution in [-0.2, 0) is 76.4 Å². The van der Waals surface area contributed by atoms with Crippen LogP contribution in [0, 0.1) is 47.3 Å². The molecule has 2 aliphatic heterocycles. The Bertz CT molecular complexity index is 3190. The molecule has 0 aromatic rings. The first-order chi connectivity index (χ1) is 55.8. The number of aliphatic hydroxyl groups is 3. The number of allylic oxidation sites excluding steroid dienone is 10. The Labute approximate surface area is 709 Å². The quantitative estimate of drug-likeness (QED) is 0.00943. The number of hydrogen-bond donors (Lipinski definition) is 5. The Kier molecular flexibility index (Phi) is 54.7. The number of carboxylic acids is 1. The molecule has 5 fully saturated rings. The van der Waals surface area contributed by atoms with Crippen molar-refractivity contribution in [3.63, 3.8) is 0 Å². The number of ether oxygens (including phenoxy) is 6. The van der Waals surface area contributed by atoms with Gasteiger partial charge in [-0.25, -0.2) is 17.6 Å². The normalized spacial score (nSPS) is 24.7. The van der Waals surface area contributed by atoms with Crippen LogP contribution in [0.4, 0.5) is 35.1 Å². The van der Waals surface area contributed by atoms with Crippen molar-refractivity contribution in [1.29, 1.82) is 0 Å². The molecule has 6 N–H and O–H groups in total. The third kappa shape index (κ3) is 39.8. The monoisotopic (exact) mass is 1750 g/mol. The van der Waals surface area contributed by atoms with Crippen molar-refractivity contribution in [2.45, 2.75) is 342 Å². The van der Waals surface area contributed by atoms with Crippen molar-refractivity contribution >= 4 is 83.2 Å². The topological polar surface area (TPSA) is 338 Å². The lowest BCUT2D eigenvalue weighted by Gasteiger charge is -2.43. The molecule has 0 radical (unpaired) electrons. The molecule has 1 unspecified atom stereocenters. The molecule has 684 valence electrons. The van der Waals surface area contributed by atoms with Gasteiger partial charge in [0.25, 0.3) is 11.9 Å². The molecule has 0 spiro atoms. The third-order valence-corrected chi connectivity index (χ3v) is 25.0. The van der Waals surface area contributed by atoms with Crippen LogP contribution in [-0.4, -0.2) is 183 Å². The van der Waals surface area contributed by atoms with Gasteiger partial charge < -0.3 is 54.3 Å². The summed E-state index contributed by atoms with van der Waals surface area (Å²) in [4.78, 5) is 112. The van der Waals surface area contributed by atoms with Crippen molar-refractivity contribution in [1.82, 2.24) is 0 Å². The molecule has 0 aromatic carbocycles. The number of carbonyl (C=O) groups excluding carboxylic acids is 9. The minimum Gasteiger partial charge on any atom is -0.481 e. The zero-order valence-corrected chi connectivity index (χ0v) is 73.1. The second-order valence-corrected chi connectivity index (χ2v) is 33.7. The van der Waals surface area contributed by atoms with Gasteiger partial charge >= 0.3 is 41.6 Å². The van der Waals surface area contributed by atoms with Crippen molar-refractivity contribution in [2.75, 3.05) is 41.7 Å². The lowest BCUT2D eigenvalue weighted by molar-refractivity contribution is -0.297. The zero-order chi connectivity index (χ0) is 88.7. The molecule has 2 saturated heterocycles. The number of esters is 4. The molecule has 3 saturated carbocycles. The lowest BCUT2D eigenvalue weighted by Crippen LogP contribution is -2.50. The molecule has 21 nitrogen and oxygen atoms in total. The van der Waals surface area contributed by atoms with E-state index in [1.807, 2.05) is 76.3 Å². The van der Waals surface area contributed by atoms with E-state index in [4.69, 9.17) is 19.4 Å². The number of rotatable bonds is 49. The highest BCUT2D eigenvalue weighted by Crippen LogP contribution is 2.57. The predicted molar refractivity (Wildman–Crippen MR) is 442 cm³/mol. The van der Waals surface area contributed by atoms with Gasteiger partial charge in [0, 0.05) is 119 Å². The molecule has 0 amide bonds. The number of thiol groups is 1. The molecule has 13 atom stereocenters. The summed E-state index contributed by atoms with van der Waals surface area (Å²) in [5.41, 5.74) is 0. The largest absolute Gasteiger partial charge is 0.481 e. The summed E-state index contributed by atoms with van der Waals surface area (Å²) in [6.07, 6.45) is 30.6. The van der Waals surface area contributed by atoms with Crippen LogP contribution in [0.2, 0.25) is 0 Å². The van der Waals surface area contributed by atoms with E-state index < -0.39 is 77.0 Å². The fourth-order valence-electron chi connectivity index (χ4n) is 15.5. The van der Waals surface area contributed by atoms with Crippen LogP contribution >= 0.6 is 24.4 Å². The number of aliphatic hydroxyl groups excluding tert-OH is 2. The highest BCUT2D eigenvalue weighted by Gasteiger charge is 2.60. The number of Topliss-reactive ketones (excluding diaryl/α,β-unsaturated/α-hetero) is 4. The van der Waals surface area contributed by atoms with E-state index in [1.54, 1.807) is 6.08 Å². The standard InChI is InChI=1S/C23H38F2O6.2C21H32F2O4S.C21H30F2O4.C2H4O2.H2O/c1-3-4-12-22(24,25)23(30-14-15-31-23)13-11-18-17(19(26)16-20(18)27)9-7-5-6-8-10-21(28)29-2;1-3-4-12-20(22,23)21(26)13-11-16-15(17(24)14-18(16)28-21)9-7-5-6-8-10-19(25)27-2;1-3-4-13-21(22,23)19(25)12-11-16-15(17(24)14-18(16)28)9-7-5-6-8-10-20(26)27-2;1-3-4-15-21(22,23)19(25)14-12-16-11-13-18(24)17(16)9-7-5-6-8-10-20(26)27-2;1-2(3)4;/h5,7,17-20,26-27H,3-4,6,8-16H2,1-2H3;5,7,15-16,18,26H,3-4,6,8-14H2,1-2H3;5,7,15-16,18,28H,3-4,6,8-14H2,1-2H3;5,7,11,13,16-17H,3-4,6,8-10,12,14-15H2,1-2H3;1H3,(H,3,4);1H2/b4*7-5-;;/t17-,18-,19+,20-;15-,16-,18-,21?;15-,16-,18-;16-,17-;;/m1111../s1. The Balaban J connectivity index is 0.000000779. The minimum absolute atomic E-state index is 0. The number of carboxylic acid groups (broad SMARTS) is 1. The molecule has 2 heterocycles. The maximum Gasteiger partial charge on any atom is 0.305 e. The number of ketones is 5. The van der Waals surface area contributed by atoms with Crippen molar-refractivity contribution < 1.29 is 137 Å². The molecular weight excluding hydrogens is 1610 g/mol. The van der Waals surface area contributed by atoms with Gasteiger partial charge in [0.2, 0.25) is 17.4 Å². The molecule has 6 rings (SSSR count). The van der Waals surface area contributed by atoms with Crippen molar-refractivity contribution in [2.24, 2.45) is 47.3 Å². The fourth-order valence-corrected chi connectivity index (χ4v) is 17.8. The van der Waals surface area contributed by atoms with E-state index in [1.165, 1.54) is 34.5 Å². The highest BCUT2D eigenvalue weighted by molar-refractivity contribution is 8.01. The Hall–Kier alpha value is -5.70. The van der Waals surface area contributed by atoms with Gasteiger partial charge in [0.15, 0.2) is 10.7 Å². The summed E-state index contributed by atoms with van der Waals surface area (Å²) >= 11 is 5.39. The number of methoxy groups -OCH3 is 4. The third-order valence-electron chi connectivity index (χ3n) is 22.7. The first-order valence-corrected chi connectivity index (χ1v) is 43.8. The van der Waals surface area contributed by atoms with Gasteiger partial charge in [-0.2, -0.15) is 30.2 Å². The summed E-state index contributed by atoms with van der Waals surface area (Å²) in [5, 5.41) is 38.5. The Morgan fingerprint density at radius 3 is 1.37 bits per heavy atom. The summed E-state index contributed by atoms with van der Waals surface area (Å²) < 4.78 is 143. The molecule has 6 aliphatic rings. The summed E-state index contributed by atoms with van der Waals surface area (Å²) in [7, 11) is 5.42. The smallest absolute Gasteiger partial charge is 0.305 e. The maximum atomic E-state index is 14.9. The molecule has 0 bridgehead atoms. The molecular formula is C88H138F8O21S2. The van der Waals surface area contributed by atoms with Crippen LogP contribution in [0.25, 0.3) is 0 Å². The summed E-state index contributed by atoms with van der Waals surface area (Å²) in [6, 6.07) is 0. The average molecular weight is 1750 g/mol. The van der Waals surface area contributed by atoms with E-state index in [0.29, 0.717) is 167 Å². The fraction of sp³-hybridized carbons (Fsp3) is 0.773. The number of halogens is 8. The van der Waals surface area contributed by atoms with Crippen LogP contribution in [0.5, 0.6) is 0 Å². The van der Waals surface area contributed by atoms with Gasteiger partial charge in [-0.05, 0) is 177 Å². The lowest BCUT2D eigenvalue weighted by atomic mass is 9.84. The molecule has 119 heavy (non-hydrogen) atoms. The van der Waals surface area contributed by atoms with E-state index >= 15 is 0 Å². The van der Waals surface area contributed by atoms with Crippen LogP contribution in [0.3, 0.4) is 0 Å². The highest BCUT2D eigenvalue weighted by atomic mass is 32.2. The Morgan fingerprint density at radius 2 is 0.924 bits per heavy atom. The van der Waals surface area contributed by atoms with Crippen molar-refractivity contribution in [3.8, 4) is 0 Å². The zero-order valence-electron chi connectivity index (χ0n) is 71.4. The molecule has 31 heteroatoms. The summed E-state index contributed by atoms with van der Waals surface area (Å²) in [5.74, 6) is -19.9. The number of alkyl halides is 8. The summed E-state index contributed by atoms with van der Waals surface area (Å²) in [6.45, 7) is 8.69. The number of aliphatic carboxylic acids is 1. The van der Waals surface area contributed by atoms with Gasteiger partial charge in [-0.1, -0.05) is 108 Å². The SMILES string of the molecule is CC(=O)O.CCCCC(F)(F)C(=O)CC[C@H]1C=CC(=O)[C@@H]1C/C=C\CCCC(=O)OC.CCCCC(F)(F)C(=O)CC[C@H]1[C@H](S)CC(=O)[C@@H]1C/C=C\CCCC(=O)OC.CCCCC(F)(F)C1(CC[C@@H]2[C@@H](C/C=C\CCCC(=O)OC)[C@@H](O)C[C@H]2O)OCCO1.CCCCC(F)(F)C1(O)CC[C@H]2[C@@H](CC(=O)[C@@H]2C/C=C\CCCC(=O)OC)S1.O. The van der Waals surface area contributed by atoms with Crippen molar-refractivity contribution in [3.05, 3.63) is 60.8 Å². The number of unbranched alkanes of at least 4 members (excludes halogenated alkanes) is 8. The van der Waals surface area contributed by atoms with Gasteiger partial charge in [-0.3, -0.25) is 47.9 Å². The minimum atomic E-state index is -3.28. The molecule has 0 aromatic heterocycles. The van der Waals surface area contributed by atoms with E-state index in [9.17, 15) is 93.6 Å². The second kappa shape index (κ2) is 58.4. The van der Waals surface area contributed by atoms with E-state index in [0.717, 1.165) is 25.1 Å². The van der Waals surface area contributed by atoms with Crippen LogP contribution in [0.1, 0.15) is 285 Å². The molecule has 4 aliphatic carbocycles. The van der Waals surface area contributed by atoms with Gasteiger partial charge in [0.1, 0.15) is 11.6 Å². The van der Waals surface area contributed by atoms with E-state index in [-0.39, 0.29) is 182 Å². The van der Waals surface area contributed by atoms with Crippen LogP contribution in [0.15, 0.2) is 60.8 Å². The first kappa shape index (κ1) is 111. The maximum absolute atomic E-state index is 14.9. The first-order valence-electron chi connectivity index (χ1n) is 42.4.